The van der Waals surface area contributed by atoms with Gasteiger partial charge in [0.25, 0.3) is 0 Å². The van der Waals surface area contributed by atoms with Crippen molar-refractivity contribution in [3.8, 4) is 41.4 Å². The average Bonchev–Trinajstić information content (AvgIpc) is 3.95. The third-order valence-electron chi connectivity index (χ3n) is 10.1. The number of benzene rings is 4. The van der Waals surface area contributed by atoms with E-state index in [0.717, 1.165) is 65.6 Å². The van der Waals surface area contributed by atoms with E-state index >= 15 is 0 Å². The molecule has 0 saturated carbocycles. The van der Waals surface area contributed by atoms with E-state index in [9.17, 15) is 28.5 Å². The first kappa shape index (κ1) is 43.9. The standard InChI is InChI=1S/C25H22N6O2S.C21H13F3N4O2S/c1-17(32)30-12-14-31(15-13-30)18-6-8-19(9-7-18)33-25-27-11-10-21(29-25)20(16-26)24-28-22-4-2-3-5-23(22)34-24;1-29-13-3-5-14(6-4-13)30-20-26-9-8-16(28-20)15(11-25)19-27-17-10-12(21(22,23)24)2-7-18(17)31-19/h2-11,20H,12-15H2,1H3;2-10,15H,1H3. The molecule has 65 heavy (non-hydrogen) atoms. The molecule has 326 valence electrons. The summed E-state index contributed by atoms with van der Waals surface area (Å²) in [6, 6.07) is 33.6. The van der Waals surface area contributed by atoms with Crippen LogP contribution in [0.4, 0.5) is 18.9 Å². The fourth-order valence-electron chi connectivity index (χ4n) is 6.74. The lowest BCUT2D eigenvalue weighted by Crippen LogP contribution is -2.48. The molecule has 19 heteroatoms. The topological polar surface area (TPSA) is 176 Å². The number of ether oxygens (including phenoxy) is 3. The SMILES string of the molecule is CC(=O)N1CCN(c2ccc(Oc3nccc(C(C#N)c4nc5ccccc5s4)n3)cc2)CC1.COc1ccc(Oc2nccc(C(C#N)c3nc4cc(C(F)(F)F)ccc4s3)n2)cc1. The first-order valence-electron chi connectivity index (χ1n) is 19.9. The van der Waals surface area contributed by atoms with Crippen LogP contribution >= 0.6 is 22.7 Å². The smallest absolute Gasteiger partial charge is 0.416 e. The molecule has 1 saturated heterocycles. The second kappa shape index (κ2) is 19.3. The lowest BCUT2D eigenvalue weighted by atomic mass is 10.1. The predicted octanol–water partition coefficient (Wildman–Crippen LogP) is 9.76. The maximum atomic E-state index is 13.0. The maximum absolute atomic E-state index is 13.0. The molecule has 2 atom stereocenters. The summed E-state index contributed by atoms with van der Waals surface area (Å²) < 4.78 is 57.1. The van der Waals surface area contributed by atoms with E-state index in [1.807, 2.05) is 53.4 Å². The number of rotatable bonds is 10. The Bertz CT molecular complexity index is 3000. The van der Waals surface area contributed by atoms with Crippen LogP contribution in [0.1, 0.15) is 45.7 Å². The van der Waals surface area contributed by atoms with E-state index in [0.29, 0.717) is 43.4 Å². The van der Waals surface area contributed by atoms with E-state index in [4.69, 9.17) is 14.2 Å². The quantitative estimate of drug-likeness (QED) is 0.127. The number of nitrogens with zero attached hydrogens (tertiary/aromatic N) is 10. The summed E-state index contributed by atoms with van der Waals surface area (Å²) in [5.74, 6) is 0.387. The molecule has 0 radical (unpaired) electrons. The van der Waals surface area contributed by atoms with Crippen LogP contribution < -0.4 is 19.1 Å². The number of thiazole rings is 2. The first-order valence-corrected chi connectivity index (χ1v) is 21.5. The summed E-state index contributed by atoms with van der Waals surface area (Å²) >= 11 is 2.63. The lowest BCUT2D eigenvalue weighted by molar-refractivity contribution is -0.137. The minimum atomic E-state index is -4.47. The molecule has 14 nitrogen and oxygen atoms in total. The Morgan fingerprint density at radius 2 is 1.20 bits per heavy atom. The normalized spacial score (nSPS) is 13.5. The molecule has 0 N–H and O–H groups in total. The van der Waals surface area contributed by atoms with Gasteiger partial charge >= 0.3 is 18.2 Å². The Morgan fingerprint density at radius 1 is 0.677 bits per heavy atom. The number of hydrogen-bond donors (Lipinski definition) is 0. The van der Waals surface area contributed by atoms with Crippen molar-refractivity contribution in [2.75, 3.05) is 38.2 Å². The number of para-hydroxylation sites is 1. The number of amides is 1. The monoisotopic (exact) mass is 912 g/mol. The van der Waals surface area contributed by atoms with Crippen LogP contribution in [0.15, 0.2) is 116 Å². The molecule has 4 aromatic carbocycles. The predicted molar refractivity (Wildman–Crippen MR) is 237 cm³/mol. The van der Waals surface area contributed by atoms with Crippen molar-refractivity contribution < 1.29 is 32.2 Å². The molecule has 1 aliphatic heterocycles. The molecule has 0 aliphatic carbocycles. The highest BCUT2D eigenvalue weighted by Crippen LogP contribution is 2.36. The minimum Gasteiger partial charge on any atom is -0.497 e. The van der Waals surface area contributed by atoms with E-state index in [1.165, 1.54) is 23.6 Å². The van der Waals surface area contributed by atoms with Gasteiger partial charge in [-0.05, 0) is 91.0 Å². The van der Waals surface area contributed by atoms with Gasteiger partial charge in [-0.15, -0.1) is 22.7 Å². The number of piperazine rings is 1. The molecule has 5 heterocycles. The number of anilines is 1. The van der Waals surface area contributed by atoms with Crippen molar-refractivity contribution in [2.24, 2.45) is 0 Å². The fourth-order valence-corrected chi connectivity index (χ4v) is 8.77. The van der Waals surface area contributed by atoms with Gasteiger partial charge in [0.05, 0.1) is 56.6 Å². The van der Waals surface area contributed by atoms with Gasteiger partial charge < -0.3 is 24.0 Å². The summed E-state index contributed by atoms with van der Waals surface area (Å²) in [7, 11) is 1.55. The van der Waals surface area contributed by atoms with Crippen LogP contribution in [-0.2, 0) is 11.0 Å². The molecule has 2 unspecified atom stereocenters. The number of nitriles is 2. The number of carbonyl (C=O) groups excluding carboxylic acids is 1. The molecule has 0 spiro atoms. The van der Waals surface area contributed by atoms with Crippen LogP contribution in [0.5, 0.6) is 29.3 Å². The van der Waals surface area contributed by atoms with Gasteiger partial charge in [-0.25, -0.2) is 19.9 Å². The van der Waals surface area contributed by atoms with Crippen molar-refractivity contribution >= 4 is 54.7 Å². The number of hydrogen-bond acceptors (Lipinski definition) is 15. The Morgan fingerprint density at radius 3 is 1.72 bits per heavy atom. The molecule has 4 aromatic heterocycles. The van der Waals surface area contributed by atoms with Crippen molar-refractivity contribution in [3.05, 3.63) is 142 Å². The Hall–Kier alpha value is -7.74. The van der Waals surface area contributed by atoms with E-state index in [2.05, 4.69) is 46.9 Å². The van der Waals surface area contributed by atoms with Gasteiger partial charge in [-0.2, -0.15) is 33.7 Å². The highest BCUT2D eigenvalue weighted by Gasteiger charge is 2.31. The number of aromatic nitrogens is 6. The van der Waals surface area contributed by atoms with E-state index in [1.54, 1.807) is 56.6 Å². The van der Waals surface area contributed by atoms with Crippen LogP contribution in [0.3, 0.4) is 0 Å². The minimum absolute atomic E-state index is 0.0309. The van der Waals surface area contributed by atoms with Crippen molar-refractivity contribution in [1.29, 1.82) is 10.5 Å². The molecule has 9 rings (SSSR count). The van der Waals surface area contributed by atoms with Gasteiger partial charge in [0.15, 0.2) is 0 Å². The van der Waals surface area contributed by atoms with Gasteiger partial charge in [-0.1, -0.05) is 12.1 Å². The van der Waals surface area contributed by atoms with Crippen molar-refractivity contribution in [3.63, 3.8) is 0 Å². The number of carbonyl (C=O) groups is 1. The Kier molecular flexibility index (Phi) is 13.1. The summed E-state index contributed by atoms with van der Waals surface area (Å²) in [6.45, 7) is 4.65. The molecule has 1 aliphatic rings. The first-order chi connectivity index (χ1) is 31.5. The summed E-state index contributed by atoms with van der Waals surface area (Å²) in [4.78, 5) is 41.5. The van der Waals surface area contributed by atoms with Gasteiger partial charge in [0.1, 0.15) is 39.1 Å². The second-order valence-corrected chi connectivity index (χ2v) is 16.4. The van der Waals surface area contributed by atoms with E-state index < -0.39 is 23.6 Å². The van der Waals surface area contributed by atoms with E-state index in [-0.39, 0.29) is 23.4 Å². The van der Waals surface area contributed by atoms with Crippen LogP contribution in [0, 0.1) is 22.7 Å². The molecule has 1 amide bonds. The zero-order chi connectivity index (χ0) is 45.5. The molecule has 0 bridgehead atoms. The Labute approximate surface area is 377 Å². The summed E-state index contributed by atoms with van der Waals surface area (Å²) in [6.07, 6.45) is -1.42. The number of fused-ring (bicyclic) bond motifs is 2. The van der Waals surface area contributed by atoms with Gasteiger partial charge in [0.2, 0.25) is 5.91 Å². The van der Waals surface area contributed by atoms with Crippen LogP contribution in [-0.4, -0.2) is 74.0 Å². The number of halogens is 3. The fraction of sp³-hybridized carbons (Fsp3) is 0.196. The highest BCUT2D eigenvalue weighted by molar-refractivity contribution is 7.19. The zero-order valence-corrected chi connectivity index (χ0v) is 36.1. The number of alkyl halides is 3. The summed E-state index contributed by atoms with van der Waals surface area (Å²) in [5.41, 5.74) is 2.21. The maximum Gasteiger partial charge on any atom is 0.416 e. The highest BCUT2D eigenvalue weighted by atomic mass is 32.1. The third-order valence-corrected chi connectivity index (χ3v) is 12.3. The summed E-state index contributed by atoms with van der Waals surface area (Å²) in [5, 5.41) is 20.6. The molecule has 1 fully saturated rings. The largest absolute Gasteiger partial charge is 0.497 e. The van der Waals surface area contributed by atoms with Crippen molar-refractivity contribution in [1.82, 2.24) is 34.8 Å². The zero-order valence-electron chi connectivity index (χ0n) is 34.5. The van der Waals surface area contributed by atoms with Crippen molar-refractivity contribution in [2.45, 2.75) is 24.9 Å². The number of methoxy groups -OCH3 is 1. The third kappa shape index (κ3) is 10.4. The molecular formula is C46H35F3N10O4S2. The van der Waals surface area contributed by atoms with Gasteiger partial charge in [0, 0.05) is 51.2 Å². The lowest BCUT2D eigenvalue weighted by Gasteiger charge is -2.35. The van der Waals surface area contributed by atoms with Crippen LogP contribution in [0.2, 0.25) is 0 Å². The second-order valence-electron chi connectivity index (χ2n) is 14.3. The van der Waals surface area contributed by atoms with Crippen LogP contribution in [0.25, 0.3) is 20.4 Å². The Balaban J connectivity index is 0.000000178. The average molecular weight is 913 g/mol. The molecular weight excluding hydrogens is 878 g/mol. The molecule has 8 aromatic rings. The van der Waals surface area contributed by atoms with Gasteiger partial charge in [-0.3, -0.25) is 4.79 Å².